The SMILES string of the molecule is CCCCCCC(C)(C)C.[Bi]. The van der Waals surface area contributed by atoms with Gasteiger partial charge in [0.05, 0.1) is 0 Å². The quantitative estimate of drug-likeness (QED) is 0.536. The maximum atomic E-state index is 2.32. The molecule has 1 heteroatoms. The van der Waals surface area contributed by atoms with E-state index in [1.54, 1.807) is 0 Å². The molecule has 0 heterocycles. The third-order valence-electron chi connectivity index (χ3n) is 1.78. The first kappa shape index (κ1) is 14.4. The van der Waals surface area contributed by atoms with Crippen molar-refractivity contribution in [2.24, 2.45) is 5.41 Å². The van der Waals surface area contributed by atoms with Crippen molar-refractivity contribution in [1.82, 2.24) is 0 Å². The van der Waals surface area contributed by atoms with Gasteiger partial charge < -0.3 is 0 Å². The van der Waals surface area contributed by atoms with Crippen molar-refractivity contribution in [3.63, 3.8) is 0 Å². The minimum Gasteiger partial charge on any atom is -0.0654 e. The van der Waals surface area contributed by atoms with Crippen LogP contribution in [0.1, 0.15) is 59.8 Å². The van der Waals surface area contributed by atoms with Crippen LogP contribution in [0.2, 0.25) is 0 Å². The molecule has 0 aliphatic carbocycles. The molecule has 0 saturated heterocycles. The maximum Gasteiger partial charge on any atom is 0 e. The number of hydrogen-bond acceptors (Lipinski definition) is 0. The van der Waals surface area contributed by atoms with Crippen LogP contribution in [0.3, 0.4) is 0 Å². The first-order valence-corrected chi connectivity index (χ1v) is 4.56. The van der Waals surface area contributed by atoms with E-state index in [9.17, 15) is 0 Å². The molecule has 3 radical (unpaired) electrons. The predicted molar refractivity (Wildman–Crippen MR) is 54.0 cm³/mol. The van der Waals surface area contributed by atoms with E-state index >= 15 is 0 Å². The van der Waals surface area contributed by atoms with E-state index in [2.05, 4.69) is 27.7 Å². The summed E-state index contributed by atoms with van der Waals surface area (Å²) in [5.41, 5.74) is 0.549. The standard InChI is InChI=1S/C10H22.Bi/c1-5-6-7-8-9-10(2,3)4;/h5-9H2,1-4H3;. The zero-order valence-electron chi connectivity index (χ0n) is 8.48. The second-order valence-electron chi connectivity index (χ2n) is 4.37. The van der Waals surface area contributed by atoms with Gasteiger partial charge in [-0.1, -0.05) is 53.4 Å². The summed E-state index contributed by atoms with van der Waals surface area (Å²) in [6.07, 6.45) is 6.98. The largest absolute Gasteiger partial charge is 0.0654 e. The van der Waals surface area contributed by atoms with Crippen molar-refractivity contribution in [2.45, 2.75) is 59.8 Å². The number of unbranched alkanes of at least 4 members (excludes halogenated alkanes) is 3. The zero-order chi connectivity index (χ0) is 8.04. The summed E-state index contributed by atoms with van der Waals surface area (Å²) in [6.45, 7) is 9.22. The molecule has 0 amide bonds. The van der Waals surface area contributed by atoms with Crippen LogP contribution in [0, 0.1) is 5.41 Å². The van der Waals surface area contributed by atoms with Gasteiger partial charge >= 0.3 is 0 Å². The molecule has 0 unspecified atom stereocenters. The normalized spacial score (nSPS) is 10.9. The Bertz CT molecular complexity index is 71.4. The van der Waals surface area contributed by atoms with E-state index in [1.807, 2.05) is 0 Å². The Morgan fingerprint density at radius 3 is 1.82 bits per heavy atom. The predicted octanol–water partition coefficient (Wildman–Crippen LogP) is 3.62. The van der Waals surface area contributed by atoms with Gasteiger partial charge in [-0.05, 0) is 11.8 Å². The van der Waals surface area contributed by atoms with Crippen molar-refractivity contribution < 1.29 is 0 Å². The molecule has 0 rings (SSSR count). The first-order valence-electron chi connectivity index (χ1n) is 4.56. The van der Waals surface area contributed by atoms with Gasteiger partial charge in [0.15, 0.2) is 0 Å². The number of hydrogen-bond donors (Lipinski definition) is 0. The molecule has 0 fully saturated rings. The first-order chi connectivity index (χ1) is 4.56. The summed E-state index contributed by atoms with van der Waals surface area (Å²) >= 11 is 0. The molecule has 0 bridgehead atoms. The topological polar surface area (TPSA) is 0 Å². The van der Waals surface area contributed by atoms with Crippen LogP contribution >= 0.6 is 0 Å². The summed E-state index contributed by atoms with van der Waals surface area (Å²) in [7, 11) is 0. The second-order valence-corrected chi connectivity index (χ2v) is 4.37. The fourth-order valence-electron chi connectivity index (χ4n) is 1.08. The molecule has 0 aliphatic rings. The van der Waals surface area contributed by atoms with Gasteiger partial charge in [-0.3, -0.25) is 0 Å². The van der Waals surface area contributed by atoms with Crippen LogP contribution < -0.4 is 0 Å². The summed E-state index contributed by atoms with van der Waals surface area (Å²) in [6, 6.07) is 0. The van der Waals surface area contributed by atoms with E-state index in [4.69, 9.17) is 0 Å². The Hall–Kier alpha value is 0.883. The maximum absolute atomic E-state index is 2.32. The van der Waals surface area contributed by atoms with Gasteiger partial charge in [0, 0.05) is 26.2 Å². The zero-order valence-corrected chi connectivity index (χ0v) is 12.0. The molecule has 0 aliphatic heterocycles. The third-order valence-corrected chi connectivity index (χ3v) is 1.78. The minimum atomic E-state index is 0. The van der Waals surface area contributed by atoms with Crippen molar-refractivity contribution in [3.05, 3.63) is 0 Å². The molecule has 0 saturated carbocycles. The molecule has 0 aromatic heterocycles. The smallest absolute Gasteiger partial charge is 0 e. The molecule has 0 atom stereocenters. The van der Waals surface area contributed by atoms with E-state index in [1.165, 1.54) is 32.1 Å². The van der Waals surface area contributed by atoms with Crippen LogP contribution in [0.25, 0.3) is 0 Å². The molecule has 0 aromatic rings. The van der Waals surface area contributed by atoms with Gasteiger partial charge in [-0.15, -0.1) is 0 Å². The van der Waals surface area contributed by atoms with Crippen molar-refractivity contribution >= 4 is 26.2 Å². The van der Waals surface area contributed by atoms with Gasteiger partial charge in [-0.25, -0.2) is 0 Å². The second kappa shape index (κ2) is 7.53. The summed E-state index contributed by atoms with van der Waals surface area (Å²) in [5.74, 6) is 0. The number of rotatable bonds is 4. The monoisotopic (exact) mass is 351 g/mol. The van der Waals surface area contributed by atoms with E-state index in [0.29, 0.717) is 5.41 Å². The Morgan fingerprint density at radius 1 is 0.909 bits per heavy atom. The van der Waals surface area contributed by atoms with Gasteiger partial charge in [0.2, 0.25) is 0 Å². The molecule has 0 aromatic carbocycles. The minimum absolute atomic E-state index is 0. The molecule has 67 valence electrons. The van der Waals surface area contributed by atoms with Crippen molar-refractivity contribution in [3.8, 4) is 0 Å². The van der Waals surface area contributed by atoms with Crippen molar-refractivity contribution in [2.75, 3.05) is 0 Å². The Labute approximate surface area is 91.3 Å². The molecular formula is C10H22Bi. The van der Waals surface area contributed by atoms with Crippen molar-refractivity contribution in [1.29, 1.82) is 0 Å². The Balaban J connectivity index is 0. The third kappa shape index (κ3) is 13.8. The van der Waals surface area contributed by atoms with Crippen LogP contribution in [0.4, 0.5) is 0 Å². The van der Waals surface area contributed by atoms with Crippen LogP contribution in [-0.2, 0) is 0 Å². The molecular weight excluding hydrogens is 329 g/mol. The van der Waals surface area contributed by atoms with Crippen LogP contribution in [0.15, 0.2) is 0 Å². The average molecular weight is 351 g/mol. The Kier molecular flexibility index (Phi) is 9.86. The molecule has 11 heavy (non-hydrogen) atoms. The summed E-state index contributed by atoms with van der Waals surface area (Å²) in [4.78, 5) is 0. The molecule has 0 nitrogen and oxygen atoms in total. The average Bonchev–Trinajstić information content (AvgIpc) is 1.78. The Morgan fingerprint density at radius 2 is 1.45 bits per heavy atom. The van der Waals surface area contributed by atoms with E-state index < -0.39 is 0 Å². The summed E-state index contributed by atoms with van der Waals surface area (Å²) < 4.78 is 0. The van der Waals surface area contributed by atoms with Crippen LogP contribution in [0.5, 0.6) is 0 Å². The van der Waals surface area contributed by atoms with Gasteiger partial charge in [0.25, 0.3) is 0 Å². The molecule has 0 N–H and O–H groups in total. The molecule has 0 spiro atoms. The van der Waals surface area contributed by atoms with Crippen LogP contribution in [-0.4, -0.2) is 26.2 Å². The van der Waals surface area contributed by atoms with Gasteiger partial charge in [-0.2, -0.15) is 0 Å². The fraction of sp³-hybridized carbons (Fsp3) is 1.00. The van der Waals surface area contributed by atoms with E-state index in [-0.39, 0.29) is 26.2 Å². The fourth-order valence-corrected chi connectivity index (χ4v) is 1.08. The summed E-state index contributed by atoms with van der Waals surface area (Å²) in [5, 5.41) is 0. The van der Waals surface area contributed by atoms with E-state index in [0.717, 1.165) is 0 Å². The van der Waals surface area contributed by atoms with Gasteiger partial charge in [0.1, 0.15) is 0 Å².